The Bertz CT molecular complexity index is 929. The molecule has 1 aliphatic rings. The fourth-order valence-electron chi connectivity index (χ4n) is 3.50. The summed E-state index contributed by atoms with van der Waals surface area (Å²) in [5.74, 6) is -1.61. The maximum atomic E-state index is 12.7. The summed E-state index contributed by atoms with van der Waals surface area (Å²) in [5.41, 5.74) is 1.40. The molecule has 0 unspecified atom stereocenters. The van der Waals surface area contributed by atoms with Crippen molar-refractivity contribution in [1.29, 1.82) is 0 Å². The summed E-state index contributed by atoms with van der Waals surface area (Å²) in [6.07, 6.45) is -0.751. The Hall–Kier alpha value is -2.68. The summed E-state index contributed by atoms with van der Waals surface area (Å²) in [6.45, 7) is 7.96. The average Bonchev–Trinajstić information content (AvgIpc) is 2.96. The summed E-state index contributed by atoms with van der Waals surface area (Å²) in [6, 6.07) is 15.2. The monoisotopic (exact) mass is 439 g/mol. The predicted octanol–water partition coefficient (Wildman–Crippen LogP) is 2.49. The molecule has 0 saturated carbocycles. The Labute approximate surface area is 189 Å². The minimum atomic E-state index is -1.11. The number of aliphatic carboxylic acids is 1. The van der Waals surface area contributed by atoms with Crippen LogP contribution in [0.25, 0.3) is 0 Å². The number of amides is 1. The Balaban J connectivity index is 1.68. The van der Waals surface area contributed by atoms with Gasteiger partial charge in [-0.3, -0.25) is 4.79 Å². The molecule has 2 aromatic rings. The van der Waals surface area contributed by atoms with E-state index in [0.717, 1.165) is 11.0 Å². The maximum absolute atomic E-state index is 12.7. The van der Waals surface area contributed by atoms with Crippen molar-refractivity contribution in [3.05, 3.63) is 65.7 Å². The highest BCUT2D eigenvalue weighted by molar-refractivity contribution is 6.62. The highest BCUT2D eigenvalue weighted by Crippen LogP contribution is 2.36. The van der Waals surface area contributed by atoms with Crippen LogP contribution in [0.4, 0.5) is 0 Å². The van der Waals surface area contributed by atoms with E-state index in [0.29, 0.717) is 5.56 Å². The van der Waals surface area contributed by atoms with Crippen molar-refractivity contribution in [2.24, 2.45) is 0 Å². The first kappa shape index (κ1) is 24.0. The van der Waals surface area contributed by atoms with E-state index in [1.54, 1.807) is 24.3 Å². The van der Waals surface area contributed by atoms with Crippen LogP contribution in [0.15, 0.2) is 54.6 Å². The van der Waals surface area contributed by atoms with Gasteiger partial charge in [0.25, 0.3) is 5.91 Å². The number of ether oxygens (including phenoxy) is 1. The van der Waals surface area contributed by atoms with Gasteiger partial charge in [-0.25, -0.2) is 4.79 Å². The normalized spacial score (nSPS) is 18.7. The molecule has 1 fully saturated rings. The van der Waals surface area contributed by atoms with Crippen LogP contribution in [0.1, 0.15) is 44.9 Å². The van der Waals surface area contributed by atoms with Crippen molar-refractivity contribution >= 4 is 24.5 Å². The molecule has 0 radical (unpaired) electrons. The number of hydrogen-bond acceptors (Lipinski definition) is 5. The molecule has 8 heteroatoms. The van der Waals surface area contributed by atoms with Crippen molar-refractivity contribution in [3.8, 4) is 0 Å². The van der Waals surface area contributed by atoms with Crippen LogP contribution in [-0.4, -0.2) is 48.5 Å². The van der Waals surface area contributed by atoms with E-state index in [1.807, 2.05) is 58.0 Å². The van der Waals surface area contributed by atoms with Crippen LogP contribution in [0, 0.1) is 0 Å². The summed E-state index contributed by atoms with van der Waals surface area (Å²) < 4.78 is 17.4. The van der Waals surface area contributed by atoms with Gasteiger partial charge < -0.3 is 24.5 Å². The third-order valence-electron chi connectivity index (χ3n) is 6.14. The number of carbonyl (C=O) groups is 2. The second-order valence-corrected chi connectivity index (χ2v) is 8.96. The third-order valence-corrected chi connectivity index (χ3v) is 6.14. The van der Waals surface area contributed by atoms with Gasteiger partial charge >= 0.3 is 13.1 Å². The molecule has 32 heavy (non-hydrogen) atoms. The van der Waals surface area contributed by atoms with Gasteiger partial charge in [0, 0.05) is 13.5 Å². The molecule has 7 nitrogen and oxygen atoms in total. The third kappa shape index (κ3) is 5.20. The van der Waals surface area contributed by atoms with E-state index in [4.69, 9.17) is 14.0 Å². The molecule has 1 aliphatic heterocycles. The number of rotatable bonds is 8. The zero-order valence-corrected chi connectivity index (χ0v) is 19.1. The largest absolute Gasteiger partial charge is 0.494 e. The minimum Gasteiger partial charge on any atom is -0.480 e. The first-order chi connectivity index (χ1) is 15.0. The molecule has 0 spiro atoms. The highest BCUT2D eigenvalue weighted by atomic mass is 16.7. The lowest BCUT2D eigenvalue weighted by molar-refractivity contribution is -0.144. The number of nitrogens with one attached hydrogen (secondary N) is 1. The van der Waals surface area contributed by atoms with Crippen LogP contribution in [0.2, 0.25) is 0 Å². The van der Waals surface area contributed by atoms with Crippen LogP contribution in [-0.2, 0) is 30.1 Å². The molecule has 1 saturated heterocycles. The molecule has 0 aliphatic carbocycles. The first-order valence-electron chi connectivity index (χ1n) is 10.6. The molecule has 2 aromatic carbocycles. The van der Waals surface area contributed by atoms with Crippen LogP contribution >= 0.6 is 0 Å². The van der Waals surface area contributed by atoms with Gasteiger partial charge in [0.2, 0.25) is 0 Å². The van der Waals surface area contributed by atoms with E-state index in [9.17, 15) is 14.7 Å². The van der Waals surface area contributed by atoms with Gasteiger partial charge in [0.1, 0.15) is 6.04 Å². The zero-order chi connectivity index (χ0) is 23.5. The van der Waals surface area contributed by atoms with E-state index in [2.05, 4.69) is 5.32 Å². The summed E-state index contributed by atoms with van der Waals surface area (Å²) in [7, 11) is 0.930. The molecule has 2 atom stereocenters. The second kappa shape index (κ2) is 9.44. The molecular formula is C24H30BNO6. The second-order valence-electron chi connectivity index (χ2n) is 8.96. The average molecular weight is 439 g/mol. The van der Waals surface area contributed by atoms with Gasteiger partial charge in [-0.05, 0) is 44.3 Å². The molecule has 0 aromatic heterocycles. The fourth-order valence-corrected chi connectivity index (χ4v) is 3.50. The van der Waals surface area contributed by atoms with E-state index < -0.39 is 42.3 Å². The van der Waals surface area contributed by atoms with Crippen molar-refractivity contribution in [2.75, 3.05) is 7.11 Å². The number of hydrogen-bond donors (Lipinski definition) is 2. The number of carboxylic acids is 1. The number of carboxylic acid groups (broad SMARTS) is 1. The number of benzene rings is 2. The van der Waals surface area contributed by atoms with Crippen molar-refractivity contribution in [3.63, 3.8) is 0 Å². The van der Waals surface area contributed by atoms with Crippen LogP contribution in [0.3, 0.4) is 0 Å². The molecule has 1 heterocycles. The first-order valence-corrected chi connectivity index (χ1v) is 10.6. The van der Waals surface area contributed by atoms with Crippen molar-refractivity contribution in [1.82, 2.24) is 5.32 Å². The van der Waals surface area contributed by atoms with Gasteiger partial charge in [-0.15, -0.1) is 0 Å². The summed E-state index contributed by atoms with van der Waals surface area (Å²) in [4.78, 5) is 24.5. The highest BCUT2D eigenvalue weighted by Gasteiger charge is 2.51. The van der Waals surface area contributed by atoms with Crippen molar-refractivity contribution in [2.45, 2.75) is 57.5 Å². The fraction of sp³-hybridized carbons (Fsp3) is 0.417. The van der Waals surface area contributed by atoms with E-state index in [-0.39, 0.29) is 6.42 Å². The quantitative estimate of drug-likeness (QED) is 0.614. The standard InChI is InChI=1S/C24H30BNO6/c1-23(2)24(3,4)32-25(31-23)18-13-11-16(12-14-18)15-19(22(28)29)26-21(27)20(30-5)17-9-7-6-8-10-17/h6-14,19-20H,15H2,1-5H3,(H,26,27)(H,28,29)/t19-,20-/m1/s1. The Morgan fingerprint density at radius 2 is 1.56 bits per heavy atom. The molecule has 0 bridgehead atoms. The van der Waals surface area contributed by atoms with Gasteiger partial charge in [-0.1, -0.05) is 54.6 Å². The Morgan fingerprint density at radius 3 is 2.06 bits per heavy atom. The van der Waals surface area contributed by atoms with Gasteiger partial charge in [0.15, 0.2) is 6.10 Å². The molecular weight excluding hydrogens is 409 g/mol. The maximum Gasteiger partial charge on any atom is 0.494 e. The predicted molar refractivity (Wildman–Crippen MR) is 122 cm³/mol. The number of carbonyl (C=O) groups excluding carboxylic acids is 1. The summed E-state index contributed by atoms with van der Waals surface area (Å²) >= 11 is 0. The Morgan fingerprint density at radius 1 is 1.00 bits per heavy atom. The zero-order valence-electron chi connectivity index (χ0n) is 19.1. The molecule has 2 N–H and O–H groups in total. The summed E-state index contributed by atoms with van der Waals surface area (Å²) in [5, 5.41) is 12.2. The number of methoxy groups -OCH3 is 1. The molecule has 170 valence electrons. The van der Waals surface area contributed by atoms with Crippen LogP contribution < -0.4 is 10.8 Å². The van der Waals surface area contributed by atoms with E-state index >= 15 is 0 Å². The van der Waals surface area contributed by atoms with E-state index in [1.165, 1.54) is 7.11 Å². The molecule has 1 amide bonds. The topological polar surface area (TPSA) is 94.1 Å². The van der Waals surface area contributed by atoms with Gasteiger partial charge in [-0.2, -0.15) is 0 Å². The van der Waals surface area contributed by atoms with Crippen LogP contribution in [0.5, 0.6) is 0 Å². The van der Waals surface area contributed by atoms with Gasteiger partial charge in [0.05, 0.1) is 11.2 Å². The Kier molecular flexibility index (Phi) is 7.08. The lowest BCUT2D eigenvalue weighted by Gasteiger charge is -2.32. The molecule has 3 rings (SSSR count). The van der Waals surface area contributed by atoms with Crippen molar-refractivity contribution < 1.29 is 28.7 Å². The minimum absolute atomic E-state index is 0.135. The smallest absolute Gasteiger partial charge is 0.480 e. The lowest BCUT2D eigenvalue weighted by Crippen LogP contribution is -2.44. The lowest BCUT2D eigenvalue weighted by atomic mass is 9.78. The SMILES string of the molecule is CO[C@@H](C(=O)N[C@H](Cc1ccc(B2OC(C)(C)C(C)(C)O2)cc1)C(=O)O)c1ccccc1.